The van der Waals surface area contributed by atoms with Crippen LogP contribution < -0.4 is 5.73 Å². The first-order valence-electron chi connectivity index (χ1n) is 4.41. The molecular formula is C10H12ClNO3. The maximum Gasteiger partial charge on any atom is 0.325 e. The van der Waals surface area contributed by atoms with Crippen LogP contribution in [-0.2, 0) is 16.1 Å². The van der Waals surface area contributed by atoms with Gasteiger partial charge < -0.3 is 15.6 Å². The van der Waals surface area contributed by atoms with Crippen molar-refractivity contribution < 1.29 is 14.6 Å². The van der Waals surface area contributed by atoms with E-state index in [1.54, 1.807) is 24.3 Å². The van der Waals surface area contributed by atoms with Gasteiger partial charge in [-0.25, -0.2) is 0 Å². The highest BCUT2D eigenvalue weighted by molar-refractivity contribution is 6.31. The van der Waals surface area contributed by atoms with Gasteiger partial charge in [0.2, 0.25) is 0 Å². The standard InChI is InChI=1S/C10H12ClNO3/c11-8-4-2-1-3-7(8)6-15-10(14)9(12)5-13/h1-4,9,13H,5-6,12H2/t9-/m0/s1. The summed E-state index contributed by atoms with van der Waals surface area (Å²) in [4.78, 5) is 11.1. The van der Waals surface area contributed by atoms with E-state index in [9.17, 15) is 4.79 Å². The summed E-state index contributed by atoms with van der Waals surface area (Å²) in [6.45, 7) is -0.367. The van der Waals surface area contributed by atoms with Crippen molar-refractivity contribution in [2.45, 2.75) is 12.6 Å². The number of ether oxygens (including phenoxy) is 1. The molecule has 4 nitrogen and oxygen atoms in total. The first-order chi connectivity index (χ1) is 7.15. The molecule has 5 heteroatoms. The van der Waals surface area contributed by atoms with E-state index in [2.05, 4.69) is 0 Å². The molecule has 0 aromatic heterocycles. The molecule has 0 aliphatic carbocycles. The minimum atomic E-state index is -0.993. The number of hydrogen-bond donors (Lipinski definition) is 2. The Balaban J connectivity index is 2.51. The van der Waals surface area contributed by atoms with Crippen molar-refractivity contribution in [1.29, 1.82) is 0 Å². The van der Waals surface area contributed by atoms with Gasteiger partial charge in [-0.3, -0.25) is 4.79 Å². The van der Waals surface area contributed by atoms with Gasteiger partial charge in [0, 0.05) is 10.6 Å². The number of aliphatic hydroxyl groups excluding tert-OH is 1. The van der Waals surface area contributed by atoms with E-state index in [1.165, 1.54) is 0 Å². The molecule has 0 aliphatic rings. The molecule has 0 heterocycles. The molecule has 0 radical (unpaired) electrons. The van der Waals surface area contributed by atoms with Crippen LogP contribution in [0.1, 0.15) is 5.56 Å². The second-order valence-corrected chi connectivity index (χ2v) is 3.40. The molecule has 1 aromatic carbocycles. The number of aliphatic hydroxyl groups is 1. The summed E-state index contributed by atoms with van der Waals surface area (Å²) in [5.74, 6) is -0.641. The normalized spacial score (nSPS) is 12.2. The molecule has 0 aliphatic heterocycles. The Morgan fingerprint density at radius 3 is 2.80 bits per heavy atom. The second kappa shape index (κ2) is 5.70. The van der Waals surface area contributed by atoms with Crippen LogP contribution >= 0.6 is 11.6 Å². The molecule has 0 fully saturated rings. The molecule has 1 aromatic rings. The summed E-state index contributed by atoms with van der Waals surface area (Å²) in [5, 5.41) is 9.14. The van der Waals surface area contributed by atoms with E-state index >= 15 is 0 Å². The third-order valence-corrected chi connectivity index (χ3v) is 2.20. The highest BCUT2D eigenvalue weighted by Gasteiger charge is 2.13. The first kappa shape index (κ1) is 12.0. The Morgan fingerprint density at radius 2 is 2.20 bits per heavy atom. The van der Waals surface area contributed by atoms with Gasteiger partial charge in [0.1, 0.15) is 12.6 Å². The Morgan fingerprint density at radius 1 is 1.53 bits per heavy atom. The second-order valence-electron chi connectivity index (χ2n) is 2.99. The van der Waals surface area contributed by atoms with Gasteiger partial charge >= 0.3 is 5.97 Å². The van der Waals surface area contributed by atoms with E-state index in [0.29, 0.717) is 10.6 Å². The summed E-state index contributed by atoms with van der Waals surface area (Å²) in [6, 6.07) is 6.04. The van der Waals surface area contributed by atoms with Crippen LogP contribution in [0.2, 0.25) is 5.02 Å². The van der Waals surface area contributed by atoms with Crippen LogP contribution in [0.3, 0.4) is 0 Å². The van der Waals surface area contributed by atoms with E-state index in [1.807, 2.05) is 0 Å². The van der Waals surface area contributed by atoms with Crippen LogP contribution in [0.25, 0.3) is 0 Å². The summed E-state index contributed by atoms with van der Waals surface area (Å²) >= 11 is 5.85. The minimum absolute atomic E-state index is 0.0617. The van der Waals surface area contributed by atoms with Gasteiger partial charge in [0.15, 0.2) is 0 Å². The third-order valence-electron chi connectivity index (χ3n) is 1.83. The van der Waals surface area contributed by atoms with Crippen molar-refractivity contribution in [1.82, 2.24) is 0 Å². The summed E-state index contributed by atoms with van der Waals surface area (Å²) < 4.78 is 4.85. The van der Waals surface area contributed by atoms with Crippen molar-refractivity contribution >= 4 is 17.6 Å². The minimum Gasteiger partial charge on any atom is -0.460 e. The SMILES string of the molecule is N[C@@H](CO)C(=O)OCc1ccccc1Cl. The Hall–Kier alpha value is -1.10. The number of benzene rings is 1. The lowest BCUT2D eigenvalue weighted by atomic mass is 10.2. The summed E-state index contributed by atoms with van der Waals surface area (Å²) in [6.07, 6.45) is 0. The third kappa shape index (κ3) is 3.51. The van der Waals surface area contributed by atoms with Crippen LogP contribution in [-0.4, -0.2) is 23.7 Å². The van der Waals surface area contributed by atoms with E-state index < -0.39 is 18.6 Å². The average molecular weight is 230 g/mol. The lowest BCUT2D eigenvalue weighted by Crippen LogP contribution is -2.35. The zero-order valence-corrected chi connectivity index (χ0v) is 8.78. The van der Waals surface area contributed by atoms with Crippen molar-refractivity contribution in [2.24, 2.45) is 5.73 Å². The number of rotatable bonds is 4. The Labute approximate surface area is 92.6 Å². The van der Waals surface area contributed by atoms with E-state index in [4.69, 9.17) is 27.2 Å². The maximum atomic E-state index is 11.1. The molecule has 0 amide bonds. The van der Waals surface area contributed by atoms with Gasteiger partial charge in [-0.15, -0.1) is 0 Å². The van der Waals surface area contributed by atoms with Crippen LogP contribution in [0, 0.1) is 0 Å². The molecule has 15 heavy (non-hydrogen) atoms. The fourth-order valence-electron chi connectivity index (χ4n) is 0.946. The first-order valence-corrected chi connectivity index (χ1v) is 4.79. The molecule has 3 N–H and O–H groups in total. The van der Waals surface area contributed by atoms with Gasteiger partial charge in [-0.05, 0) is 6.07 Å². The number of halogens is 1. The fraction of sp³-hybridized carbons (Fsp3) is 0.300. The van der Waals surface area contributed by atoms with Crippen LogP contribution in [0.5, 0.6) is 0 Å². The van der Waals surface area contributed by atoms with Crippen molar-refractivity contribution in [2.75, 3.05) is 6.61 Å². The quantitative estimate of drug-likeness (QED) is 0.746. The van der Waals surface area contributed by atoms with Gasteiger partial charge in [-0.2, -0.15) is 0 Å². The topological polar surface area (TPSA) is 72.5 Å². The number of nitrogens with two attached hydrogens (primary N) is 1. The van der Waals surface area contributed by atoms with Gasteiger partial charge in [0.05, 0.1) is 6.61 Å². The monoisotopic (exact) mass is 229 g/mol. The number of esters is 1. The highest BCUT2D eigenvalue weighted by Crippen LogP contribution is 2.15. The molecule has 0 unspecified atom stereocenters. The predicted octanol–water partition coefficient (Wildman–Crippen LogP) is 0.703. The van der Waals surface area contributed by atoms with Crippen molar-refractivity contribution in [3.05, 3.63) is 34.9 Å². The largest absolute Gasteiger partial charge is 0.460 e. The van der Waals surface area contributed by atoms with Crippen molar-refractivity contribution in [3.63, 3.8) is 0 Å². The lowest BCUT2D eigenvalue weighted by molar-refractivity contribution is -0.147. The summed E-state index contributed by atoms with van der Waals surface area (Å²) in [5.41, 5.74) is 5.97. The number of hydrogen-bond acceptors (Lipinski definition) is 4. The zero-order valence-electron chi connectivity index (χ0n) is 8.02. The number of carbonyl (C=O) groups excluding carboxylic acids is 1. The maximum absolute atomic E-state index is 11.1. The predicted molar refractivity (Wildman–Crippen MR) is 56.3 cm³/mol. The van der Waals surface area contributed by atoms with Gasteiger partial charge in [-0.1, -0.05) is 29.8 Å². The Kier molecular flexibility index (Phi) is 4.55. The van der Waals surface area contributed by atoms with E-state index in [-0.39, 0.29) is 6.61 Å². The summed E-state index contributed by atoms with van der Waals surface area (Å²) in [7, 11) is 0. The molecular weight excluding hydrogens is 218 g/mol. The lowest BCUT2D eigenvalue weighted by Gasteiger charge is -2.09. The molecule has 1 rings (SSSR count). The smallest absolute Gasteiger partial charge is 0.325 e. The Bertz CT molecular complexity index is 343. The van der Waals surface area contributed by atoms with Crippen LogP contribution in [0.4, 0.5) is 0 Å². The highest BCUT2D eigenvalue weighted by atomic mass is 35.5. The molecule has 0 saturated carbocycles. The zero-order chi connectivity index (χ0) is 11.3. The molecule has 82 valence electrons. The van der Waals surface area contributed by atoms with Crippen LogP contribution in [0.15, 0.2) is 24.3 Å². The number of carbonyl (C=O) groups is 1. The van der Waals surface area contributed by atoms with Gasteiger partial charge in [0.25, 0.3) is 0 Å². The molecule has 0 spiro atoms. The average Bonchev–Trinajstić information content (AvgIpc) is 2.26. The molecule has 0 saturated heterocycles. The van der Waals surface area contributed by atoms with Crippen molar-refractivity contribution in [3.8, 4) is 0 Å². The fourth-order valence-corrected chi connectivity index (χ4v) is 1.14. The van der Waals surface area contributed by atoms with E-state index in [0.717, 1.165) is 0 Å². The molecule has 0 bridgehead atoms. The molecule has 1 atom stereocenters.